The van der Waals surface area contributed by atoms with E-state index in [-0.39, 0.29) is 25.4 Å². The zero-order chi connectivity index (χ0) is 19.1. The van der Waals surface area contributed by atoms with Gasteiger partial charge in [0.15, 0.2) is 0 Å². The van der Waals surface area contributed by atoms with E-state index in [1.807, 2.05) is 25.1 Å². The summed E-state index contributed by atoms with van der Waals surface area (Å²) in [5.74, 6) is -2.30. The van der Waals surface area contributed by atoms with Gasteiger partial charge in [0.25, 0.3) is 11.8 Å². The topological polar surface area (TPSA) is 102 Å². The number of nitrogens with one attached hydrogen (secondary N) is 1. The summed E-state index contributed by atoms with van der Waals surface area (Å²) in [6.07, 6.45) is -0.199. The van der Waals surface area contributed by atoms with Crippen LogP contribution in [0.4, 0.5) is 4.79 Å². The quantitative estimate of drug-likeness (QED) is 0.744. The number of nitrogens with zero attached hydrogens (tertiary/aromatic N) is 1. The Morgan fingerprint density at radius 3 is 2.35 bits per heavy atom. The van der Waals surface area contributed by atoms with E-state index < -0.39 is 29.9 Å². The number of hydroxylamine groups is 2. The largest absolute Gasteiger partial charge is 0.445 e. The fourth-order valence-electron chi connectivity index (χ4n) is 2.37. The lowest BCUT2D eigenvalue weighted by Crippen LogP contribution is -2.48. The number of carbonyl (C=O) groups is 4. The molecule has 8 heteroatoms. The second-order valence-corrected chi connectivity index (χ2v) is 6.06. The second-order valence-electron chi connectivity index (χ2n) is 6.06. The third kappa shape index (κ3) is 5.05. The van der Waals surface area contributed by atoms with E-state index in [2.05, 4.69) is 5.32 Å². The van der Waals surface area contributed by atoms with Crippen LogP contribution >= 0.6 is 0 Å². The molecule has 2 rings (SSSR count). The molecule has 1 fully saturated rings. The van der Waals surface area contributed by atoms with Gasteiger partial charge in [-0.05, 0) is 11.5 Å². The van der Waals surface area contributed by atoms with Crippen molar-refractivity contribution in [3.05, 3.63) is 35.9 Å². The molecule has 1 aromatic rings. The molecular formula is C18H22N2O6. The highest BCUT2D eigenvalue weighted by Crippen LogP contribution is 2.16. The molecule has 1 aromatic carbocycles. The van der Waals surface area contributed by atoms with Crippen LogP contribution in [-0.2, 0) is 30.6 Å². The van der Waals surface area contributed by atoms with E-state index in [0.717, 1.165) is 5.56 Å². The fourth-order valence-corrected chi connectivity index (χ4v) is 2.37. The van der Waals surface area contributed by atoms with E-state index in [9.17, 15) is 19.2 Å². The van der Waals surface area contributed by atoms with E-state index in [0.29, 0.717) is 11.5 Å². The lowest BCUT2D eigenvalue weighted by molar-refractivity contribution is -0.199. The summed E-state index contributed by atoms with van der Waals surface area (Å²) in [5, 5.41) is 2.92. The number of benzene rings is 1. The summed E-state index contributed by atoms with van der Waals surface area (Å²) < 4.78 is 5.11. The van der Waals surface area contributed by atoms with Crippen LogP contribution in [0.1, 0.15) is 38.7 Å². The third-order valence-corrected chi connectivity index (χ3v) is 4.14. The second kappa shape index (κ2) is 8.98. The van der Waals surface area contributed by atoms with Gasteiger partial charge >= 0.3 is 12.1 Å². The molecule has 1 aliphatic rings. The van der Waals surface area contributed by atoms with Crippen molar-refractivity contribution in [3.63, 3.8) is 0 Å². The predicted molar refractivity (Wildman–Crippen MR) is 90.2 cm³/mol. The number of alkyl carbamates (subject to hydrolysis) is 1. The van der Waals surface area contributed by atoms with Crippen molar-refractivity contribution >= 4 is 23.9 Å². The molecular weight excluding hydrogens is 340 g/mol. The zero-order valence-electron chi connectivity index (χ0n) is 14.8. The minimum absolute atomic E-state index is 0.00660. The molecule has 2 atom stereocenters. The van der Waals surface area contributed by atoms with Gasteiger partial charge in [-0.15, -0.1) is 5.06 Å². The molecule has 0 spiro atoms. The monoisotopic (exact) mass is 362 g/mol. The summed E-state index contributed by atoms with van der Waals surface area (Å²) in [4.78, 5) is 52.5. The van der Waals surface area contributed by atoms with Gasteiger partial charge in [0, 0.05) is 12.8 Å². The van der Waals surface area contributed by atoms with Gasteiger partial charge in [-0.25, -0.2) is 9.59 Å². The highest BCUT2D eigenvalue weighted by Gasteiger charge is 2.36. The molecule has 1 saturated heterocycles. The Hall–Kier alpha value is -2.90. The molecule has 0 unspecified atom stereocenters. The number of hydrogen-bond donors (Lipinski definition) is 1. The number of hydrogen-bond acceptors (Lipinski definition) is 6. The number of ether oxygens (including phenoxy) is 1. The maximum absolute atomic E-state index is 12.4. The maximum Gasteiger partial charge on any atom is 0.408 e. The summed E-state index contributed by atoms with van der Waals surface area (Å²) >= 11 is 0. The Kier molecular flexibility index (Phi) is 6.71. The molecule has 1 aliphatic heterocycles. The lowest BCUT2D eigenvalue weighted by atomic mass is 9.99. The van der Waals surface area contributed by atoms with Crippen LogP contribution < -0.4 is 5.32 Å². The summed E-state index contributed by atoms with van der Waals surface area (Å²) in [6, 6.07) is 8.06. The summed E-state index contributed by atoms with van der Waals surface area (Å²) in [5.41, 5.74) is 0.804. The van der Waals surface area contributed by atoms with Crippen molar-refractivity contribution in [2.75, 3.05) is 0 Å². The van der Waals surface area contributed by atoms with Gasteiger partial charge in [0.1, 0.15) is 12.6 Å². The van der Waals surface area contributed by atoms with Crippen molar-refractivity contribution in [1.29, 1.82) is 0 Å². The minimum atomic E-state index is -1.04. The van der Waals surface area contributed by atoms with Crippen LogP contribution in [0.25, 0.3) is 0 Å². The van der Waals surface area contributed by atoms with Crippen LogP contribution in [-0.4, -0.2) is 35.0 Å². The average molecular weight is 362 g/mol. The molecule has 0 aromatic heterocycles. The molecule has 0 bridgehead atoms. The van der Waals surface area contributed by atoms with Crippen molar-refractivity contribution in [3.8, 4) is 0 Å². The fraction of sp³-hybridized carbons (Fsp3) is 0.444. The highest BCUT2D eigenvalue weighted by molar-refractivity contribution is 6.01. The first-order valence-corrected chi connectivity index (χ1v) is 8.47. The first-order valence-electron chi connectivity index (χ1n) is 8.47. The molecule has 26 heavy (non-hydrogen) atoms. The van der Waals surface area contributed by atoms with Gasteiger partial charge in [-0.2, -0.15) is 0 Å². The highest BCUT2D eigenvalue weighted by atomic mass is 16.7. The standard InChI is InChI=1S/C18H22N2O6/c1-3-12(2)16(17(23)26-20-14(21)9-10-15(20)22)19-18(24)25-11-13-7-5-4-6-8-13/h4-8,12,16H,3,9-11H2,1-2H3,(H,19,24)/t12-,16-/m1/s1. The molecule has 0 radical (unpaired) electrons. The van der Waals surface area contributed by atoms with Gasteiger partial charge in [-0.3, -0.25) is 9.59 Å². The Morgan fingerprint density at radius 2 is 1.77 bits per heavy atom. The zero-order valence-corrected chi connectivity index (χ0v) is 14.8. The first kappa shape index (κ1) is 19.4. The normalized spacial score (nSPS) is 16.2. The molecule has 140 valence electrons. The molecule has 8 nitrogen and oxygen atoms in total. The lowest BCUT2D eigenvalue weighted by Gasteiger charge is -2.23. The van der Waals surface area contributed by atoms with Gasteiger partial charge in [0.05, 0.1) is 0 Å². The Balaban J connectivity index is 1.95. The van der Waals surface area contributed by atoms with Crippen molar-refractivity contribution in [2.45, 2.75) is 45.8 Å². The first-order chi connectivity index (χ1) is 12.4. The maximum atomic E-state index is 12.4. The van der Waals surface area contributed by atoms with Crippen LogP contribution in [0.5, 0.6) is 0 Å². The van der Waals surface area contributed by atoms with Crippen LogP contribution in [0.15, 0.2) is 30.3 Å². The molecule has 1 N–H and O–H groups in total. The van der Waals surface area contributed by atoms with Crippen LogP contribution in [0, 0.1) is 5.92 Å². The van der Waals surface area contributed by atoms with Crippen LogP contribution in [0.2, 0.25) is 0 Å². The summed E-state index contributed by atoms with van der Waals surface area (Å²) in [6.45, 7) is 3.64. The SMILES string of the molecule is CC[C@@H](C)[C@@H](NC(=O)OCc1ccccc1)C(=O)ON1C(=O)CCC1=O. The Labute approximate surface area is 151 Å². The molecule has 0 saturated carbocycles. The van der Waals surface area contributed by atoms with Crippen LogP contribution in [0.3, 0.4) is 0 Å². The molecule has 0 aliphatic carbocycles. The molecule has 1 heterocycles. The number of amides is 3. The average Bonchev–Trinajstić information content (AvgIpc) is 2.96. The van der Waals surface area contributed by atoms with E-state index in [1.54, 1.807) is 19.1 Å². The smallest absolute Gasteiger partial charge is 0.408 e. The van der Waals surface area contributed by atoms with Crippen molar-refractivity contribution < 1.29 is 28.8 Å². The minimum Gasteiger partial charge on any atom is -0.445 e. The van der Waals surface area contributed by atoms with Crippen molar-refractivity contribution in [1.82, 2.24) is 10.4 Å². The van der Waals surface area contributed by atoms with E-state index in [4.69, 9.17) is 9.57 Å². The van der Waals surface area contributed by atoms with E-state index >= 15 is 0 Å². The predicted octanol–water partition coefficient (Wildman–Crippen LogP) is 1.93. The number of imide groups is 1. The number of carbonyl (C=O) groups excluding carboxylic acids is 4. The van der Waals surface area contributed by atoms with Gasteiger partial charge < -0.3 is 14.9 Å². The number of rotatable bonds is 7. The Morgan fingerprint density at radius 1 is 1.15 bits per heavy atom. The molecule has 3 amide bonds. The van der Waals surface area contributed by atoms with Gasteiger partial charge in [-0.1, -0.05) is 50.6 Å². The van der Waals surface area contributed by atoms with E-state index in [1.165, 1.54) is 0 Å². The summed E-state index contributed by atoms with van der Waals surface area (Å²) in [7, 11) is 0. The Bertz CT molecular complexity index is 660. The van der Waals surface area contributed by atoms with Crippen molar-refractivity contribution in [2.24, 2.45) is 5.92 Å². The van der Waals surface area contributed by atoms with Gasteiger partial charge in [0.2, 0.25) is 0 Å². The third-order valence-electron chi connectivity index (χ3n) is 4.14.